The highest BCUT2D eigenvalue weighted by Gasteiger charge is 2.76. The first-order valence-electron chi connectivity index (χ1n) is 11.7. The second kappa shape index (κ2) is 6.30. The van der Waals surface area contributed by atoms with Crippen LogP contribution in [0.2, 0.25) is 0 Å². The van der Waals surface area contributed by atoms with Crippen molar-refractivity contribution < 1.29 is 23.8 Å². The SMILES string of the molecule is CC(=O)[C@@]12OC(C)(C)O[C@@H]1C[C@H]1[C@@H]3C[C@@H](F)[C@@]4(Br)C[C@@H](O)CC[C@]4(C)[C@H]3CC[C@@]12C. The lowest BCUT2D eigenvalue weighted by atomic mass is 9.43. The maximum atomic E-state index is 15.9. The van der Waals surface area contributed by atoms with E-state index in [2.05, 4.69) is 29.8 Å². The number of Topliss-reactive ketones (excluding diaryl/α,β-unsaturated/α-hetero) is 1. The number of ketones is 1. The van der Waals surface area contributed by atoms with Gasteiger partial charge in [0.15, 0.2) is 17.2 Å². The van der Waals surface area contributed by atoms with Gasteiger partial charge in [-0.3, -0.25) is 4.79 Å². The van der Waals surface area contributed by atoms with Crippen molar-refractivity contribution in [2.75, 3.05) is 0 Å². The van der Waals surface area contributed by atoms with Gasteiger partial charge < -0.3 is 14.6 Å². The number of hydrogen-bond donors (Lipinski definition) is 1. The maximum Gasteiger partial charge on any atom is 0.164 e. The van der Waals surface area contributed by atoms with Crippen molar-refractivity contribution >= 4 is 21.7 Å². The van der Waals surface area contributed by atoms with Gasteiger partial charge in [-0.15, -0.1) is 0 Å². The Morgan fingerprint density at radius 1 is 1.07 bits per heavy atom. The molecular weight excluding hydrogens is 451 g/mol. The molecule has 0 bridgehead atoms. The molecule has 5 rings (SSSR count). The van der Waals surface area contributed by atoms with Gasteiger partial charge in [0.25, 0.3) is 0 Å². The van der Waals surface area contributed by atoms with Crippen LogP contribution in [0.1, 0.15) is 79.6 Å². The zero-order valence-electron chi connectivity index (χ0n) is 18.8. The number of carbonyl (C=O) groups is 1. The molecular formula is C24H36BrFO4. The van der Waals surface area contributed by atoms with E-state index in [9.17, 15) is 9.90 Å². The third-order valence-electron chi connectivity index (χ3n) is 10.2. The Bertz CT molecular complexity index is 774. The summed E-state index contributed by atoms with van der Waals surface area (Å²) in [4.78, 5) is 13.1. The van der Waals surface area contributed by atoms with E-state index in [-0.39, 0.29) is 34.6 Å². The summed E-state index contributed by atoms with van der Waals surface area (Å²) >= 11 is 3.84. The van der Waals surface area contributed by atoms with E-state index in [4.69, 9.17) is 9.47 Å². The molecule has 0 aromatic carbocycles. The van der Waals surface area contributed by atoms with Crippen molar-refractivity contribution in [2.45, 2.75) is 114 Å². The van der Waals surface area contributed by atoms with Gasteiger partial charge in [-0.1, -0.05) is 29.8 Å². The first kappa shape index (κ1) is 21.8. The summed E-state index contributed by atoms with van der Waals surface area (Å²) in [6.45, 7) is 9.88. The summed E-state index contributed by atoms with van der Waals surface area (Å²) in [5.41, 5.74) is -1.46. The van der Waals surface area contributed by atoms with Crippen LogP contribution in [-0.2, 0) is 14.3 Å². The monoisotopic (exact) mass is 486 g/mol. The van der Waals surface area contributed by atoms with Crippen LogP contribution in [0.15, 0.2) is 0 Å². The van der Waals surface area contributed by atoms with Gasteiger partial charge in [0, 0.05) is 5.41 Å². The molecule has 0 spiro atoms. The molecule has 0 radical (unpaired) electrons. The summed E-state index contributed by atoms with van der Waals surface area (Å²) in [7, 11) is 0. The molecule has 1 heterocycles. The lowest BCUT2D eigenvalue weighted by molar-refractivity contribution is -0.220. The first-order valence-corrected chi connectivity index (χ1v) is 12.5. The van der Waals surface area contributed by atoms with Gasteiger partial charge in [0.05, 0.1) is 16.5 Å². The number of hydrogen-bond acceptors (Lipinski definition) is 4. The molecule has 4 saturated carbocycles. The zero-order valence-corrected chi connectivity index (χ0v) is 20.4. The van der Waals surface area contributed by atoms with Crippen LogP contribution in [-0.4, -0.2) is 45.0 Å². The second-order valence-corrected chi connectivity index (χ2v) is 13.3. The minimum absolute atomic E-state index is 0.0518. The molecule has 1 N–H and O–H groups in total. The highest BCUT2D eigenvalue weighted by molar-refractivity contribution is 9.10. The van der Waals surface area contributed by atoms with Crippen molar-refractivity contribution in [3.8, 4) is 0 Å². The fraction of sp³-hybridized carbons (Fsp3) is 0.958. The van der Waals surface area contributed by atoms with Crippen LogP contribution >= 0.6 is 15.9 Å². The lowest BCUT2D eigenvalue weighted by Crippen LogP contribution is -2.66. The molecule has 4 nitrogen and oxygen atoms in total. The van der Waals surface area contributed by atoms with Gasteiger partial charge >= 0.3 is 0 Å². The van der Waals surface area contributed by atoms with E-state index in [1.54, 1.807) is 6.92 Å². The van der Waals surface area contributed by atoms with Crippen LogP contribution in [0.5, 0.6) is 0 Å². The summed E-state index contributed by atoms with van der Waals surface area (Å²) < 4.78 is 27.9. The number of ether oxygens (including phenoxy) is 2. The zero-order chi connectivity index (χ0) is 21.9. The Hall–Kier alpha value is -0.0400. The van der Waals surface area contributed by atoms with E-state index in [1.807, 2.05) is 13.8 Å². The molecule has 0 unspecified atom stereocenters. The van der Waals surface area contributed by atoms with Gasteiger partial charge in [-0.05, 0) is 88.9 Å². The van der Waals surface area contributed by atoms with Crippen LogP contribution in [0.4, 0.5) is 4.39 Å². The maximum absolute atomic E-state index is 15.9. The van der Waals surface area contributed by atoms with E-state index in [0.717, 1.165) is 32.1 Å². The van der Waals surface area contributed by atoms with E-state index in [0.29, 0.717) is 18.8 Å². The van der Waals surface area contributed by atoms with Gasteiger partial charge in [-0.2, -0.15) is 0 Å². The van der Waals surface area contributed by atoms with Crippen molar-refractivity contribution in [3.63, 3.8) is 0 Å². The Kier molecular flexibility index (Phi) is 4.57. The van der Waals surface area contributed by atoms with E-state index < -0.39 is 28.0 Å². The standard InChI is InChI=1S/C24H36BrFO4/c1-13(27)24-19(29-20(2,3)30-24)11-17-15-10-18(26)23(25)12-14(28)6-8-21(23,4)16(15)7-9-22(17,24)5/h14-19,28H,6-12H2,1-5H3/t14-,15+,16-,17-,18+,19+,21+,22-,23-,24+/m0/s1. The number of aliphatic hydroxyl groups excluding tert-OH is 1. The number of halogens is 2. The fourth-order valence-electron chi connectivity index (χ4n) is 8.91. The predicted molar refractivity (Wildman–Crippen MR) is 115 cm³/mol. The molecule has 30 heavy (non-hydrogen) atoms. The molecule has 1 aliphatic heterocycles. The number of carbonyl (C=O) groups excluding carboxylic acids is 1. The Morgan fingerprint density at radius 3 is 2.40 bits per heavy atom. The molecule has 0 amide bonds. The average molecular weight is 487 g/mol. The normalized spacial score (nSPS) is 59.1. The first-order chi connectivity index (χ1) is 13.8. The Labute approximate surface area is 187 Å². The molecule has 1 saturated heterocycles. The topological polar surface area (TPSA) is 55.8 Å². The molecule has 170 valence electrons. The highest BCUT2D eigenvalue weighted by Crippen LogP contribution is 2.73. The Balaban J connectivity index is 1.55. The van der Waals surface area contributed by atoms with Crippen LogP contribution < -0.4 is 0 Å². The minimum atomic E-state index is -1.01. The lowest BCUT2D eigenvalue weighted by Gasteiger charge is -2.65. The van der Waals surface area contributed by atoms with Gasteiger partial charge in [0.2, 0.25) is 0 Å². The fourth-order valence-corrected chi connectivity index (χ4v) is 9.97. The Morgan fingerprint density at radius 2 is 1.73 bits per heavy atom. The summed E-state index contributed by atoms with van der Waals surface area (Å²) in [5, 5.41) is 10.3. The van der Waals surface area contributed by atoms with E-state index in [1.165, 1.54) is 0 Å². The van der Waals surface area contributed by atoms with E-state index >= 15 is 4.39 Å². The van der Waals surface area contributed by atoms with Crippen molar-refractivity contribution in [1.29, 1.82) is 0 Å². The molecule has 5 fully saturated rings. The molecule has 0 aromatic rings. The summed E-state index contributed by atoms with van der Waals surface area (Å²) in [5.74, 6) is 0.0793. The van der Waals surface area contributed by atoms with Gasteiger partial charge in [-0.25, -0.2) is 4.39 Å². The van der Waals surface area contributed by atoms with Crippen molar-refractivity contribution in [3.05, 3.63) is 0 Å². The van der Waals surface area contributed by atoms with Crippen molar-refractivity contribution in [1.82, 2.24) is 0 Å². The molecule has 10 atom stereocenters. The van der Waals surface area contributed by atoms with Gasteiger partial charge in [0.1, 0.15) is 6.17 Å². The number of alkyl halides is 2. The minimum Gasteiger partial charge on any atom is -0.393 e. The molecule has 0 aromatic heterocycles. The molecule has 4 aliphatic carbocycles. The van der Waals surface area contributed by atoms with Crippen LogP contribution in [0, 0.1) is 28.6 Å². The summed E-state index contributed by atoms with van der Waals surface area (Å²) in [6.07, 6.45) is 3.48. The predicted octanol–water partition coefficient (Wildman–Crippen LogP) is 4.94. The number of aliphatic hydroxyl groups is 1. The third kappa shape index (κ3) is 2.40. The second-order valence-electron chi connectivity index (χ2n) is 11.8. The summed E-state index contributed by atoms with van der Waals surface area (Å²) in [6, 6.07) is 0. The van der Waals surface area contributed by atoms with Crippen LogP contribution in [0.25, 0.3) is 0 Å². The third-order valence-corrected chi connectivity index (χ3v) is 12.0. The average Bonchev–Trinajstić information content (AvgIpc) is 3.05. The molecule has 5 aliphatic rings. The quantitative estimate of drug-likeness (QED) is 0.533. The smallest absolute Gasteiger partial charge is 0.164 e. The number of rotatable bonds is 1. The van der Waals surface area contributed by atoms with Crippen molar-refractivity contribution in [2.24, 2.45) is 28.6 Å². The highest BCUT2D eigenvalue weighted by atomic mass is 79.9. The molecule has 6 heteroatoms. The largest absolute Gasteiger partial charge is 0.393 e. The van der Waals surface area contributed by atoms with Crippen LogP contribution in [0.3, 0.4) is 0 Å². The number of fused-ring (bicyclic) bond motifs is 7.